The van der Waals surface area contributed by atoms with Crippen molar-refractivity contribution in [2.75, 3.05) is 5.73 Å². The molecule has 0 spiro atoms. The molecule has 0 saturated carbocycles. The van der Waals surface area contributed by atoms with Gasteiger partial charge in [-0.2, -0.15) is 5.10 Å². The molecule has 16 heavy (non-hydrogen) atoms. The van der Waals surface area contributed by atoms with Gasteiger partial charge in [0.05, 0.1) is 5.69 Å². The lowest BCUT2D eigenvalue weighted by molar-refractivity contribution is 0.741. The molecule has 2 rings (SSSR count). The fourth-order valence-corrected chi connectivity index (χ4v) is 1.93. The second kappa shape index (κ2) is 4.39. The Morgan fingerprint density at radius 2 is 1.94 bits per heavy atom. The van der Waals surface area contributed by atoms with Crippen LogP contribution in [0.25, 0.3) is 11.1 Å². The molecule has 0 saturated heterocycles. The second-order valence-electron chi connectivity index (χ2n) is 3.95. The third-order valence-electron chi connectivity index (χ3n) is 2.71. The molecule has 0 atom stereocenters. The molecule has 0 fully saturated rings. The quantitative estimate of drug-likeness (QED) is 0.855. The third kappa shape index (κ3) is 1.81. The van der Waals surface area contributed by atoms with Crippen LogP contribution in [0.2, 0.25) is 0 Å². The first-order valence-electron chi connectivity index (χ1n) is 5.60. The predicted octanol–water partition coefficient (Wildman–Crippen LogP) is 2.62. The van der Waals surface area contributed by atoms with Crippen LogP contribution in [0.4, 0.5) is 5.82 Å². The normalized spacial score (nSPS) is 10.6. The SMILES string of the molecule is CCCc1nn(C)c(N)c1-c1ccccc1. The van der Waals surface area contributed by atoms with Crippen molar-refractivity contribution in [1.29, 1.82) is 0 Å². The molecule has 0 radical (unpaired) electrons. The van der Waals surface area contributed by atoms with Gasteiger partial charge < -0.3 is 5.73 Å². The van der Waals surface area contributed by atoms with Crippen LogP contribution >= 0.6 is 0 Å². The van der Waals surface area contributed by atoms with Crippen LogP contribution in [0.3, 0.4) is 0 Å². The zero-order chi connectivity index (χ0) is 11.5. The van der Waals surface area contributed by atoms with Gasteiger partial charge in [-0.15, -0.1) is 0 Å². The highest BCUT2D eigenvalue weighted by atomic mass is 15.3. The van der Waals surface area contributed by atoms with E-state index in [1.54, 1.807) is 4.68 Å². The summed E-state index contributed by atoms with van der Waals surface area (Å²) in [5.74, 6) is 0.745. The van der Waals surface area contributed by atoms with Crippen LogP contribution in [0, 0.1) is 0 Å². The number of nitrogens with zero attached hydrogens (tertiary/aromatic N) is 2. The van der Waals surface area contributed by atoms with Crippen LogP contribution < -0.4 is 5.73 Å². The lowest BCUT2D eigenvalue weighted by Crippen LogP contribution is -1.97. The number of nitrogens with two attached hydrogens (primary N) is 1. The largest absolute Gasteiger partial charge is 0.383 e. The summed E-state index contributed by atoms with van der Waals surface area (Å²) in [6, 6.07) is 10.2. The Balaban J connectivity index is 2.54. The van der Waals surface area contributed by atoms with Gasteiger partial charge in [0, 0.05) is 12.6 Å². The van der Waals surface area contributed by atoms with E-state index in [1.807, 2.05) is 25.2 Å². The molecule has 2 N–H and O–H groups in total. The zero-order valence-corrected chi connectivity index (χ0v) is 9.77. The lowest BCUT2D eigenvalue weighted by atomic mass is 10.0. The minimum absolute atomic E-state index is 0.745. The van der Waals surface area contributed by atoms with Crippen molar-refractivity contribution in [3.63, 3.8) is 0 Å². The molecule has 0 unspecified atom stereocenters. The van der Waals surface area contributed by atoms with Crippen LogP contribution in [-0.2, 0) is 13.5 Å². The highest BCUT2D eigenvalue weighted by Crippen LogP contribution is 2.29. The van der Waals surface area contributed by atoms with E-state index < -0.39 is 0 Å². The summed E-state index contributed by atoms with van der Waals surface area (Å²) >= 11 is 0. The molecule has 1 aromatic heterocycles. The number of rotatable bonds is 3. The maximum atomic E-state index is 6.07. The Hall–Kier alpha value is -1.77. The van der Waals surface area contributed by atoms with E-state index in [1.165, 1.54) is 0 Å². The molecule has 0 aliphatic rings. The average molecular weight is 215 g/mol. The summed E-state index contributed by atoms with van der Waals surface area (Å²) in [5.41, 5.74) is 9.40. The van der Waals surface area contributed by atoms with Gasteiger partial charge in [-0.1, -0.05) is 43.7 Å². The number of hydrogen-bond donors (Lipinski definition) is 1. The topological polar surface area (TPSA) is 43.8 Å². The Morgan fingerprint density at radius 3 is 2.56 bits per heavy atom. The summed E-state index contributed by atoms with van der Waals surface area (Å²) in [6.07, 6.45) is 2.05. The van der Waals surface area contributed by atoms with E-state index in [-0.39, 0.29) is 0 Å². The van der Waals surface area contributed by atoms with E-state index in [0.29, 0.717) is 0 Å². The predicted molar refractivity (Wildman–Crippen MR) is 67.1 cm³/mol. The monoisotopic (exact) mass is 215 g/mol. The van der Waals surface area contributed by atoms with Crippen molar-refractivity contribution in [1.82, 2.24) is 9.78 Å². The molecule has 1 heterocycles. The Kier molecular flexibility index (Phi) is 2.95. The lowest BCUT2D eigenvalue weighted by Gasteiger charge is -2.02. The van der Waals surface area contributed by atoms with E-state index in [9.17, 15) is 0 Å². The number of hydrogen-bond acceptors (Lipinski definition) is 2. The second-order valence-corrected chi connectivity index (χ2v) is 3.95. The molecule has 2 aromatic rings. The number of aryl methyl sites for hydroxylation is 2. The van der Waals surface area contributed by atoms with Crippen LogP contribution in [-0.4, -0.2) is 9.78 Å². The van der Waals surface area contributed by atoms with Crippen molar-refractivity contribution in [2.24, 2.45) is 7.05 Å². The number of nitrogen functional groups attached to an aromatic ring is 1. The molecule has 0 aliphatic heterocycles. The minimum atomic E-state index is 0.745. The third-order valence-corrected chi connectivity index (χ3v) is 2.71. The number of aromatic nitrogens is 2. The fourth-order valence-electron chi connectivity index (χ4n) is 1.93. The molecular formula is C13H17N3. The summed E-state index contributed by atoms with van der Waals surface area (Å²) in [7, 11) is 1.89. The molecule has 3 heteroatoms. The van der Waals surface area contributed by atoms with Crippen LogP contribution in [0.5, 0.6) is 0 Å². The summed E-state index contributed by atoms with van der Waals surface area (Å²) in [6.45, 7) is 2.15. The molecule has 0 bridgehead atoms. The van der Waals surface area contributed by atoms with Gasteiger partial charge in [0.15, 0.2) is 0 Å². The molecule has 1 aromatic carbocycles. The minimum Gasteiger partial charge on any atom is -0.383 e. The van der Waals surface area contributed by atoms with Gasteiger partial charge in [-0.05, 0) is 12.0 Å². The van der Waals surface area contributed by atoms with Crippen molar-refractivity contribution in [2.45, 2.75) is 19.8 Å². The van der Waals surface area contributed by atoms with Gasteiger partial charge in [0.25, 0.3) is 0 Å². The van der Waals surface area contributed by atoms with Gasteiger partial charge >= 0.3 is 0 Å². The van der Waals surface area contributed by atoms with Crippen molar-refractivity contribution in [3.8, 4) is 11.1 Å². The van der Waals surface area contributed by atoms with E-state index in [4.69, 9.17) is 5.73 Å². The van der Waals surface area contributed by atoms with Gasteiger partial charge in [-0.25, -0.2) is 0 Å². The van der Waals surface area contributed by atoms with Crippen molar-refractivity contribution < 1.29 is 0 Å². The summed E-state index contributed by atoms with van der Waals surface area (Å²) in [4.78, 5) is 0. The first-order valence-corrected chi connectivity index (χ1v) is 5.60. The maximum absolute atomic E-state index is 6.07. The highest BCUT2D eigenvalue weighted by Gasteiger charge is 2.14. The molecule has 0 aliphatic carbocycles. The van der Waals surface area contributed by atoms with Gasteiger partial charge in [-0.3, -0.25) is 4.68 Å². The highest BCUT2D eigenvalue weighted by molar-refractivity contribution is 5.76. The Bertz CT molecular complexity index is 471. The van der Waals surface area contributed by atoms with Gasteiger partial charge in [0.2, 0.25) is 0 Å². The van der Waals surface area contributed by atoms with Crippen molar-refractivity contribution >= 4 is 5.82 Å². The first kappa shape index (κ1) is 10.7. The Morgan fingerprint density at radius 1 is 1.25 bits per heavy atom. The van der Waals surface area contributed by atoms with E-state index in [0.717, 1.165) is 35.5 Å². The van der Waals surface area contributed by atoms with Crippen molar-refractivity contribution in [3.05, 3.63) is 36.0 Å². The number of benzene rings is 1. The molecule has 0 amide bonds. The molecule has 84 valence electrons. The standard InChI is InChI=1S/C13H17N3/c1-3-7-11-12(13(14)16(2)15-11)10-8-5-4-6-9-10/h4-6,8-9H,3,7,14H2,1-2H3. The summed E-state index contributed by atoms with van der Waals surface area (Å²) in [5, 5.41) is 4.47. The first-order chi connectivity index (χ1) is 7.74. The van der Waals surface area contributed by atoms with Crippen LogP contribution in [0.1, 0.15) is 19.0 Å². The number of anilines is 1. The Labute approximate surface area is 95.9 Å². The maximum Gasteiger partial charge on any atom is 0.129 e. The molecular weight excluding hydrogens is 198 g/mol. The fraction of sp³-hybridized carbons (Fsp3) is 0.308. The summed E-state index contributed by atoms with van der Waals surface area (Å²) < 4.78 is 1.76. The van der Waals surface area contributed by atoms with E-state index >= 15 is 0 Å². The molecule has 3 nitrogen and oxygen atoms in total. The average Bonchev–Trinajstić information content (AvgIpc) is 2.57. The zero-order valence-electron chi connectivity index (χ0n) is 9.77. The van der Waals surface area contributed by atoms with Crippen LogP contribution in [0.15, 0.2) is 30.3 Å². The smallest absolute Gasteiger partial charge is 0.129 e. The van der Waals surface area contributed by atoms with E-state index in [2.05, 4.69) is 24.2 Å². The van der Waals surface area contributed by atoms with Gasteiger partial charge in [0.1, 0.15) is 5.82 Å².